The molecule has 0 aliphatic carbocycles. The lowest BCUT2D eigenvalue weighted by atomic mass is 10.1. The summed E-state index contributed by atoms with van der Waals surface area (Å²) in [6, 6.07) is 8.00. The van der Waals surface area contributed by atoms with E-state index in [-0.39, 0.29) is 12.5 Å². The average Bonchev–Trinajstić information content (AvgIpc) is 2.39. The Bertz CT molecular complexity index is 420. The highest BCUT2D eigenvalue weighted by Crippen LogP contribution is 2.32. The summed E-state index contributed by atoms with van der Waals surface area (Å²) in [6.07, 6.45) is 1.96. The van der Waals surface area contributed by atoms with E-state index in [0.717, 1.165) is 30.9 Å². The normalized spacial score (nSPS) is 14.6. The summed E-state index contributed by atoms with van der Waals surface area (Å²) >= 11 is 0. The zero-order valence-electron chi connectivity index (χ0n) is 10.8. The molecule has 1 heterocycles. The summed E-state index contributed by atoms with van der Waals surface area (Å²) in [5.41, 5.74) is 2.11. The molecule has 0 saturated carbocycles. The summed E-state index contributed by atoms with van der Waals surface area (Å²) in [7, 11) is 2.05. The van der Waals surface area contributed by atoms with E-state index in [1.165, 1.54) is 0 Å². The molecule has 0 fully saturated rings. The number of aliphatic hydroxyl groups excluding tert-OH is 1. The molecular formula is C14H20N2O2. The van der Waals surface area contributed by atoms with Crippen LogP contribution in [-0.2, 0) is 4.79 Å². The molecule has 0 spiro atoms. The molecule has 1 N–H and O–H groups in total. The van der Waals surface area contributed by atoms with Crippen molar-refractivity contribution in [3.63, 3.8) is 0 Å². The first-order valence-electron chi connectivity index (χ1n) is 6.45. The van der Waals surface area contributed by atoms with Crippen LogP contribution < -0.4 is 9.80 Å². The number of fused-ring (bicyclic) bond motifs is 1. The number of benzene rings is 1. The summed E-state index contributed by atoms with van der Waals surface area (Å²) < 4.78 is 0. The van der Waals surface area contributed by atoms with E-state index >= 15 is 0 Å². The fraction of sp³-hybridized carbons (Fsp3) is 0.500. The maximum Gasteiger partial charge on any atom is 0.227 e. The summed E-state index contributed by atoms with van der Waals surface area (Å²) in [5, 5.41) is 8.75. The van der Waals surface area contributed by atoms with Gasteiger partial charge in [0.15, 0.2) is 0 Å². The van der Waals surface area contributed by atoms with Crippen LogP contribution in [-0.4, -0.2) is 37.8 Å². The van der Waals surface area contributed by atoms with Crippen LogP contribution in [0.2, 0.25) is 0 Å². The van der Waals surface area contributed by atoms with Gasteiger partial charge in [0.05, 0.1) is 11.4 Å². The van der Waals surface area contributed by atoms with Crippen molar-refractivity contribution in [2.24, 2.45) is 0 Å². The Balaban J connectivity index is 2.11. The fourth-order valence-electron chi connectivity index (χ4n) is 2.29. The first-order chi connectivity index (χ1) is 8.74. The average molecular weight is 248 g/mol. The molecule has 18 heavy (non-hydrogen) atoms. The maximum absolute atomic E-state index is 12.2. The van der Waals surface area contributed by atoms with Gasteiger partial charge in [0.1, 0.15) is 0 Å². The minimum atomic E-state index is 0.156. The van der Waals surface area contributed by atoms with E-state index in [1.54, 1.807) is 0 Å². The van der Waals surface area contributed by atoms with E-state index in [1.807, 2.05) is 36.2 Å². The van der Waals surface area contributed by atoms with Crippen LogP contribution in [0.5, 0.6) is 0 Å². The van der Waals surface area contributed by atoms with Crippen molar-refractivity contribution in [2.75, 3.05) is 36.5 Å². The lowest BCUT2D eigenvalue weighted by molar-refractivity contribution is -0.118. The van der Waals surface area contributed by atoms with Gasteiger partial charge in [-0.25, -0.2) is 0 Å². The number of rotatable bonds is 4. The quantitative estimate of drug-likeness (QED) is 0.824. The SMILES string of the molecule is CN1CCN(C(=O)CCCCO)c2ccccc21. The summed E-state index contributed by atoms with van der Waals surface area (Å²) in [4.78, 5) is 16.2. The molecule has 1 amide bonds. The number of aliphatic hydroxyl groups is 1. The Hall–Kier alpha value is -1.55. The molecule has 0 bridgehead atoms. The molecular weight excluding hydrogens is 228 g/mol. The van der Waals surface area contributed by atoms with Gasteiger partial charge in [0.2, 0.25) is 5.91 Å². The van der Waals surface area contributed by atoms with Crippen LogP contribution >= 0.6 is 0 Å². The molecule has 0 aromatic heterocycles. The van der Waals surface area contributed by atoms with Gasteiger partial charge in [-0.15, -0.1) is 0 Å². The Kier molecular flexibility index (Phi) is 4.20. The van der Waals surface area contributed by atoms with Gasteiger partial charge in [0.25, 0.3) is 0 Å². The van der Waals surface area contributed by atoms with Gasteiger partial charge >= 0.3 is 0 Å². The first-order valence-corrected chi connectivity index (χ1v) is 6.45. The number of likely N-dealkylation sites (N-methyl/N-ethyl adjacent to an activating group) is 1. The van der Waals surface area contributed by atoms with Crippen LogP contribution in [0.15, 0.2) is 24.3 Å². The lowest BCUT2D eigenvalue weighted by Gasteiger charge is -2.35. The van der Waals surface area contributed by atoms with E-state index in [4.69, 9.17) is 5.11 Å². The predicted octanol–water partition coefficient (Wildman–Crippen LogP) is 1.63. The van der Waals surface area contributed by atoms with Crippen molar-refractivity contribution in [3.05, 3.63) is 24.3 Å². The smallest absolute Gasteiger partial charge is 0.227 e. The van der Waals surface area contributed by atoms with E-state index in [0.29, 0.717) is 12.8 Å². The summed E-state index contributed by atoms with van der Waals surface area (Å²) in [6.45, 7) is 1.76. The molecule has 98 valence electrons. The van der Waals surface area contributed by atoms with E-state index < -0.39 is 0 Å². The Morgan fingerprint density at radius 2 is 1.94 bits per heavy atom. The van der Waals surface area contributed by atoms with Crippen molar-refractivity contribution in [1.29, 1.82) is 0 Å². The van der Waals surface area contributed by atoms with Crippen LogP contribution in [0.4, 0.5) is 11.4 Å². The molecule has 0 atom stereocenters. The highest BCUT2D eigenvalue weighted by molar-refractivity contribution is 5.97. The van der Waals surface area contributed by atoms with Crippen molar-refractivity contribution >= 4 is 17.3 Å². The van der Waals surface area contributed by atoms with Gasteiger partial charge in [-0.2, -0.15) is 0 Å². The van der Waals surface area contributed by atoms with Gasteiger partial charge in [-0.3, -0.25) is 4.79 Å². The molecule has 4 nitrogen and oxygen atoms in total. The Labute approximate surface area is 108 Å². The second kappa shape index (κ2) is 5.87. The van der Waals surface area contributed by atoms with Crippen LogP contribution in [0, 0.1) is 0 Å². The van der Waals surface area contributed by atoms with Crippen molar-refractivity contribution in [1.82, 2.24) is 0 Å². The molecule has 0 saturated heterocycles. The van der Waals surface area contributed by atoms with Crippen molar-refractivity contribution in [3.8, 4) is 0 Å². The van der Waals surface area contributed by atoms with Crippen LogP contribution in [0.3, 0.4) is 0 Å². The number of unbranched alkanes of at least 4 members (excludes halogenated alkanes) is 1. The number of hydrogen-bond acceptors (Lipinski definition) is 3. The predicted molar refractivity (Wildman–Crippen MR) is 73.0 cm³/mol. The highest BCUT2D eigenvalue weighted by atomic mass is 16.3. The van der Waals surface area contributed by atoms with Crippen LogP contribution in [0.1, 0.15) is 19.3 Å². The first kappa shape index (κ1) is 12.9. The molecule has 1 aromatic rings. The number of amides is 1. The molecule has 1 aromatic carbocycles. The third-order valence-corrected chi connectivity index (χ3v) is 3.34. The monoisotopic (exact) mass is 248 g/mol. The van der Waals surface area contributed by atoms with E-state index in [9.17, 15) is 4.79 Å². The Morgan fingerprint density at radius 1 is 1.22 bits per heavy atom. The number of anilines is 2. The third-order valence-electron chi connectivity index (χ3n) is 3.34. The fourth-order valence-corrected chi connectivity index (χ4v) is 2.29. The minimum absolute atomic E-state index is 0.156. The number of nitrogens with zero attached hydrogens (tertiary/aromatic N) is 2. The van der Waals surface area contributed by atoms with Crippen molar-refractivity contribution in [2.45, 2.75) is 19.3 Å². The molecule has 1 aliphatic rings. The lowest BCUT2D eigenvalue weighted by Crippen LogP contribution is -2.42. The van der Waals surface area contributed by atoms with Gasteiger partial charge in [0, 0.05) is 33.2 Å². The minimum Gasteiger partial charge on any atom is -0.396 e. The molecule has 1 aliphatic heterocycles. The summed E-state index contributed by atoms with van der Waals surface area (Å²) in [5.74, 6) is 0.156. The van der Waals surface area contributed by atoms with Gasteiger partial charge in [-0.1, -0.05) is 12.1 Å². The number of para-hydroxylation sites is 2. The maximum atomic E-state index is 12.2. The van der Waals surface area contributed by atoms with E-state index in [2.05, 4.69) is 4.90 Å². The standard InChI is InChI=1S/C14H20N2O2/c1-15-9-10-16(14(18)8-4-5-11-17)13-7-3-2-6-12(13)15/h2-3,6-7,17H,4-5,8-11H2,1H3. The largest absolute Gasteiger partial charge is 0.396 e. The Morgan fingerprint density at radius 3 is 2.67 bits per heavy atom. The van der Waals surface area contributed by atoms with Crippen molar-refractivity contribution < 1.29 is 9.90 Å². The topological polar surface area (TPSA) is 43.8 Å². The number of carbonyl (C=O) groups is 1. The second-order valence-corrected chi connectivity index (χ2v) is 4.64. The molecule has 0 unspecified atom stereocenters. The number of carbonyl (C=O) groups excluding carboxylic acids is 1. The zero-order valence-corrected chi connectivity index (χ0v) is 10.8. The third kappa shape index (κ3) is 2.64. The van der Waals surface area contributed by atoms with Gasteiger partial charge in [-0.05, 0) is 25.0 Å². The molecule has 0 radical (unpaired) electrons. The molecule has 2 rings (SSSR count). The molecule has 4 heteroatoms. The second-order valence-electron chi connectivity index (χ2n) is 4.64. The van der Waals surface area contributed by atoms with Crippen LogP contribution in [0.25, 0.3) is 0 Å². The number of hydrogen-bond donors (Lipinski definition) is 1. The van der Waals surface area contributed by atoms with Gasteiger partial charge < -0.3 is 14.9 Å². The highest BCUT2D eigenvalue weighted by Gasteiger charge is 2.23. The zero-order chi connectivity index (χ0) is 13.0.